The van der Waals surface area contributed by atoms with E-state index in [-0.39, 0.29) is 30.0 Å². The fourth-order valence-corrected chi connectivity index (χ4v) is 3.60. The first-order valence-corrected chi connectivity index (χ1v) is 10.4. The van der Waals surface area contributed by atoms with E-state index in [1.807, 2.05) is 48.5 Å². The smallest absolute Gasteiger partial charge is 0.299 e. The number of nitrogens with one attached hydrogen (secondary N) is 1. The Morgan fingerprint density at radius 2 is 2.03 bits per heavy atom. The molecule has 9 heteroatoms. The van der Waals surface area contributed by atoms with Crippen molar-refractivity contribution >= 4 is 32.9 Å². The van der Waals surface area contributed by atoms with Crippen LogP contribution in [0.1, 0.15) is 12.0 Å². The summed E-state index contributed by atoms with van der Waals surface area (Å²) < 4.78 is 12.8. The summed E-state index contributed by atoms with van der Waals surface area (Å²) in [4.78, 5) is 29.4. The number of hydrogen-bond donors (Lipinski definition) is 1. The van der Waals surface area contributed by atoms with E-state index in [0.717, 1.165) is 15.6 Å². The molecule has 4 aromatic rings. The number of carbonyl (C=O) groups is 1. The van der Waals surface area contributed by atoms with Gasteiger partial charge in [-0.2, -0.15) is 0 Å². The quantitative estimate of drug-likeness (QED) is 0.432. The van der Waals surface area contributed by atoms with Gasteiger partial charge < -0.3 is 14.6 Å². The molecule has 0 atom stereocenters. The van der Waals surface area contributed by atoms with Crippen LogP contribution in [0, 0.1) is 0 Å². The number of halogens is 1. The van der Waals surface area contributed by atoms with E-state index < -0.39 is 0 Å². The lowest BCUT2D eigenvalue weighted by Gasteiger charge is -2.10. The number of rotatable bonds is 7. The number of aryl methyl sites for hydroxylation is 1. The third-order valence-corrected chi connectivity index (χ3v) is 5.29. The van der Waals surface area contributed by atoms with Crippen molar-refractivity contribution in [3.05, 3.63) is 75.2 Å². The predicted octanol–water partition coefficient (Wildman–Crippen LogP) is 3.53. The van der Waals surface area contributed by atoms with Crippen LogP contribution in [0.4, 0.5) is 0 Å². The minimum absolute atomic E-state index is 0.0700. The van der Waals surface area contributed by atoms with Gasteiger partial charge in [-0.1, -0.05) is 51.4 Å². The summed E-state index contributed by atoms with van der Waals surface area (Å²) in [7, 11) is 1.58. The molecule has 4 rings (SSSR count). The molecule has 0 bridgehead atoms. The van der Waals surface area contributed by atoms with Crippen molar-refractivity contribution in [1.29, 1.82) is 0 Å². The van der Waals surface area contributed by atoms with Gasteiger partial charge in [0.25, 0.3) is 11.1 Å². The van der Waals surface area contributed by atoms with Crippen LogP contribution in [0.15, 0.2) is 68.6 Å². The van der Waals surface area contributed by atoms with Crippen molar-refractivity contribution in [2.24, 2.45) is 0 Å². The third-order valence-electron chi connectivity index (χ3n) is 4.79. The SMILES string of the molecule is COc1ccc(Br)cc1CNC(=O)CCn1cnc2c(-c3ccccc3)noc2c1=O. The molecule has 1 N–H and O–H groups in total. The van der Waals surface area contributed by atoms with Crippen LogP contribution in [0.25, 0.3) is 22.4 Å². The Balaban J connectivity index is 1.43. The van der Waals surface area contributed by atoms with Crippen molar-refractivity contribution in [2.45, 2.75) is 19.5 Å². The highest BCUT2D eigenvalue weighted by atomic mass is 79.9. The first-order chi connectivity index (χ1) is 15.1. The standard InChI is InChI=1S/C22H19BrN4O4/c1-30-17-8-7-16(23)11-15(17)12-24-18(28)9-10-27-13-25-20-19(14-5-3-2-4-6-14)26-31-21(20)22(27)29/h2-8,11,13H,9-10,12H2,1H3,(H,24,28). The first kappa shape index (κ1) is 20.8. The van der Waals surface area contributed by atoms with E-state index in [9.17, 15) is 9.59 Å². The van der Waals surface area contributed by atoms with E-state index in [4.69, 9.17) is 9.26 Å². The second-order valence-electron chi connectivity index (χ2n) is 6.80. The van der Waals surface area contributed by atoms with Gasteiger partial charge in [0.2, 0.25) is 5.91 Å². The molecule has 0 fully saturated rings. The molecule has 2 aromatic carbocycles. The topological polar surface area (TPSA) is 99.2 Å². The van der Waals surface area contributed by atoms with Crippen LogP contribution < -0.4 is 15.6 Å². The monoisotopic (exact) mass is 482 g/mol. The molecule has 0 radical (unpaired) electrons. The second kappa shape index (κ2) is 9.13. The summed E-state index contributed by atoms with van der Waals surface area (Å²) >= 11 is 3.41. The highest BCUT2D eigenvalue weighted by Gasteiger charge is 2.16. The Hall–Kier alpha value is -3.46. The molecule has 2 heterocycles. The summed E-state index contributed by atoms with van der Waals surface area (Å²) in [6.45, 7) is 0.487. The minimum atomic E-state index is -0.374. The lowest BCUT2D eigenvalue weighted by Crippen LogP contribution is -2.27. The highest BCUT2D eigenvalue weighted by molar-refractivity contribution is 9.10. The number of fused-ring (bicyclic) bond motifs is 1. The van der Waals surface area contributed by atoms with E-state index in [0.29, 0.717) is 23.5 Å². The van der Waals surface area contributed by atoms with Crippen LogP contribution in [0.2, 0.25) is 0 Å². The third kappa shape index (κ3) is 4.51. The predicted molar refractivity (Wildman–Crippen MR) is 119 cm³/mol. The van der Waals surface area contributed by atoms with Crippen LogP contribution >= 0.6 is 15.9 Å². The van der Waals surface area contributed by atoms with Crippen LogP contribution in [-0.4, -0.2) is 27.7 Å². The zero-order valence-electron chi connectivity index (χ0n) is 16.7. The summed E-state index contributed by atoms with van der Waals surface area (Å²) in [5, 5.41) is 6.85. The fourth-order valence-electron chi connectivity index (χ4n) is 3.19. The minimum Gasteiger partial charge on any atom is -0.496 e. The summed E-state index contributed by atoms with van der Waals surface area (Å²) in [5.41, 5.74) is 2.27. The second-order valence-corrected chi connectivity index (χ2v) is 7.72. The molecule has 158 valence electrons. The molecular formula is C22H19BrN4O4. The molecule has 2 aromatic heterocycles. The lowest BCUT2D eigenvalue weighted by atomic mass is 10.1. The number of nitrogens with zero attached hydrogens (tertiary/aromatic N) is 3. The van der Waals surface area contributed by atoms with Gasteiger partial charge in [-0.3, -0.25) is 14.2 Å². The van der Waals surface area contributed by atoms with Gasteiger partial charge in [-0.15, -0.1) is 0 Å². The maximum absolute atomic E-state index is 12.7. The Bertz CT molecular complexity index is 1280. The van der Waals surface area contributed by atoms with Gasteiger partial charge in [-0.05, 0) is 18.2 Å². The normalized spacial score (nSPS) is 10.9. The fraction of sp³-hybridized carbons (Fsp3) is 0.182. The van der Waals surface area contributed by atoms with Crippen LogP contribution in [-0.2, 0) is 17.9 Å². The van der Waals surface area contributed by atoms with E-state index in [1.54, 1.807) is 7.11 Å². The number of carbonyl (C=O) groups excluding carboxylic acids is 1. The van der Waals surface area contributed by atoms with Gasteiger partial charge >= 0.3 is 0 Å². The average molecular weight is 483 g/mol. The lowest BCUT2D eigenvalue weighted by molar-refractivity contribution is -0.121. The van der Waals surface area contributed by atoms with Crippen LogP contribution in [0.3, 0.4) is 0 Å². The highest BCUT2D eigenvalue weighted by Crippen LogP contribution is 2.24. The van der Waals surface area contributed by atoms with E-state index in [1.165, 1.54) is 10.9 Å². The first-order valence-electron chi connectivity index (χ1n) is 9.56. The van der Waals surface area contributed by atoms with Gasteiger partial charge in [-0.25, -0.2) is 4.98 Å². The molecule has 0 saturated carbocycles. The maximum Gasteiger partial charge on any atom is 0.299 e. The van der Waals surface area contributed by atoms with Gasteiger partial charge in [0.15, 0.2) is 0 Å². The average Bonchev–Trinajstić information content (AvgIpc) is 3.23. The molecule has 0 aliphatic carbocycles. The van der Waals surface area contributed by atoms with Crippen LogP contribution in [0.5, 0.6) is 5.75 Å². The Kier molecular flexibility index (Phi) is 6.13. The summed E-state index contributed by atoms with van der Waals surface area (Å²) in [6.07, 6.45) is 1.53. The zero-order chi connectivity index (χ0) is 21.8. The molecule has 8 nitrogen and oxygen atoms in total. The molecule has 0 saturated heterocycles. The van der Waals surface area contributed by atoms with Crippen molar-refractivity contribution in [1.82, 2.24) is 20.0 Å². The van der Waals surface area contributed by atoms with Gasteiger partial charge in [0.05, 0.1) is 13.4 Å². The number of benzene rings is 2. The molecule has 1 amide bonds. The van der Waals surface area contributed by atoms with Crippen molar-refractivity contribution < 1.29 is 14.1 Å². The van der Waals surface area contributed by atoms with Crippen molar-refractivity contribution in [3.8, 4) is 17.0 Å². The number of aromatic nitrogens is 3. The zero-order valence-corrected chi connectivity index (χ0v) is 18.3. The van der Waals surface area contributed by atoms with E-state index >= 15 is 0 Å². The van der Waals surface area contributed by atoms with Gasteiger partial charge in [0, 0.05) is 35.1 Å². The van der Waals surface area contributed by atoms with Crippen molar-refractivity contribution in [2.75, 3.05) is 7.11 Å². The Morgan fingerprint density at radius 3 is 2.81 bits per heavy atom. The molecule has 0 aliphatic rings. The molecule has 0 spiro atoms. The van der Waals surface area contributed by atoms with E-state index in [2.05, 4.69) is 31.4 Å². The largest absolute Gasteiger partial charge is 0.496 e. The molecule has 31 heavy (non-hydrogen) atoms. The Morgan fingerprint density at radius 1 is 1.23 bits per heavy atom. The van der Waals surface area contributed by atoms with Gasteiger partial charge in [0.1, 0.15) is 17.0 Å². The summed E-state index contributed by atoms with van der Waals surface area (Å²) in [5.74, 6) is 0.491. The number of ether oxygens (including phenoxy) is 1. The number of methoxy groups -OCH3 is 1. The summed E-state index contributed by atoms with van der Waals surface area (Å²) in [6, 6.07) is 15.0. The Labute approximate surface area is 186 Å². The molecular weight excluding hydrogens is 464 g/mol. The molecule has 0 unspecified atom stereocenters. The maximum atomic E-state index is 12.7. The molecule has 0 aliphatic heterocycles. The number of hydrogen-bond acceptors (Lipinski definition) is 6. The van der Waals surface area contributed by atoms with Crippen molar-refractivity contribution in [3.63, 3.8) is 0 Å². The number of amides is 1.